The van der Waals surface area contributed by atoms with Crippen molar-refractivity contribution in [3.05, 3.63) is 53.1 Å². The number of rotatable bonds is 4. The first-order valence-corrected chi connectivity index (χ1v) is 13.0. The lowest BCUT2D eigenvalue weighted by Gasteiger charge is -2.48. The van der Waals surface area contributed by atoms with Crippen molar-refractivity contribution in [3.8, 4) is 6.07 Å². The average Bonchev–Trinajstić information content (AvgIpc) is 3.34. The quantitative estimate of drug-likeness (QED) is 0.536. The molecule has 0 spiro atoms. The maximum atomic E-state index is 13.0. The highest BCUT2D eigenvalue weighted by Gasteiger charge is 2.44. The number of carbonyl (C=O) groups excluding carboxylic acids is 1. The van der Waals surface area contributed by atoms with E-state index in [1.807, 2.05) is 6.07 Å². The van der Waals surface area contributed by atoms with Gasteiger partial charge in [0, 0.05) is 11.3 Å². The van der Waals surface area contributed by atoms with Crippen LogP contribution in [-0.4, -0.2) is 28.1 Å². The molecule has 1 unspecified atom stereocenters. The van der Waals surface area contributed by atoms with Gasteiger partial charge in [-0.3, -0.25) is 4.79 Å². The number of aromatic amines is 1. The molecule has 0 radical (unpaired) electrons. The smallest absolute Gasteiger partial charge is 0.291 e. The first-order chi connectivity index (χ1) is 16.8. The van der Waals surface area contributed by atoms with Gasteiger partial charge >= 0.3 is 0 Å². The number of allylic oxidation sites excluding steroid dienone is 2. The van der Waals surface area contributed by atoms with Crippen LogP contribution in [0, 0.1) is 28.6 Å². The molecule has 2 bridgehead atoms. The number of anilines is 1. The lowest BCUT2D eigenvalue weighted by Crippen LogP contribution is -2.47. The van der Waals surface area contributed by atoms with Crippen molar-refractivity contribution in [1.29, 1.82) is 5.26 Å². The minimum Gasteiger partial charge on any atom is -0.374 e. The number of nitrogens with zero attached hydrogens (tertiary/aromatic N) is 2. The number of nitriles is 1. The molecule has 2 aliphatic heterocycles. The molecule has 35 heavy (non-hydrogen) atoms. The number of hydrogen-bond acceptors (Lipinski definition) is 4. The number of hydrogen-bond donors (Lipinski definition) is 2. The summed E-state index contributed by atoms with van der Waals surface area (Å²) in [6.45, 7) is 9.31. The number of nitrogens with one attached hydrogen (secondary N) is 2. The molecule has 1 aromatic carbocycles. The number of fused-ring (bicyclic) bond motifs is 2. The van der Waals surface area contributed by atoms with Crippen molar-refractivity contribution >= 4 is 17.2 Å². The van der Waals surface area contributed by atoms with Crippen molar-refractivity contribution < 1.29 is 9.53 Å². The van der Waals surface area contributed by atoms with Crippen molar-refractivity contribution in [1.82, 2.24) is 9.97 Å². The zero-order valence-electron chi connectivity index (χ0n) is 21.2. The number of amides is 1. The van der Waals surface area contributed by atoms with E-state index in [1.165, 1.54) is 23.8 Å². The van der Waals surface area contributed by atoms with Gasteiger partial charge in [-0.15, -0.1) is 0 Å². The summed E-state index contributed by atoms with van der Waals surface area (Å²) in [5.41, 5.74) is 5.12. The second kappa shape index (κ2) is 9.28. The van der Waals surface area contributed by atoms with E-state index in [1.54, 1.807) is 0 Å². The molecule has 5 atom stereocenters. The third-order valence-corrected chi connectivity index (χ3v) is 8.54. The third-order valence-electron chi connectivity index (χ3n) is 8.54. The summed E-state index contributed by atoms with van der Waals surface area (Å²) in [7, 11) is 0. The van der Waals surface area contributed by atoms with E-state index in [0.717, 1.165) is 43.4 Å². The van der Waals surface area contributed by atoms with Crippen LogP contribution in [0.1, 0.15) is 99.6 Å². The second-order valence-electron chi connectivity index (χ2n) is 11.5. The van der Waals surface area contributed by atoms with Gasteiger partial charge in [0.15, 0.2) is 5.82 Å². The maximum Gasteiger partial charge on any atom is 0.291 e. The zero-order chi connectivity index (χ0) is 24.7. The summed E-state index contributed by atoms with van der Waals surface area (Å²) in [6.07, 6.45) is 11.1. The van der Waals surface area contributed by atoms with Crippen LogP contribution in [-0.2, 0) is 4.74 Å². The molecule has 1 aliphatic carbocycles. The predicted molar refractivity (Wildman–Crippen MR) is 137 cm³/mol. The molecule has 6 nitrogen and oxygen atoms in total. The van der Waals surface area contributed by atoms with Crippen LogP contribution in [0.3, 0.4) is 0 Å². The Bertz CT molecular complexity index is 1170. The Morgan fingerprint density at radius 1 is 1.23 bits per heavy atom. The molecular weight excluding hydrogens is 436 g/mol. The van der Waals surface area contributed by atoms with Gasteiger partial charge in [-0.2, -0.15) is 5.26 Å². The average molecular weight is 473 g/mol. The van der Waals surface area contributed by atoms with Gasteiger partial charge in [-0.1, -0.05) is 39.8 Å². The van der Waals surface area contributed by atoms with Gasteiger partial charge in [0.1, 0.15) is 11.8 Å². The van der Waals surface area contributed by atoms with Gasteiger partial charge in [-0.25, -0.2) is 4.98 Å². The normalized spacial score (nSPS) is 29.7. The molecule has 5 rings (SSSR count). The highest BCUT2D eigenvalue weighted by Crippen LogP contribution is 2.48. The summed E-state index contributed by atoms with van der Waals surface area (Å²) in [4.78, 5) is 19.8. The fourth-order valence-electron chi connectivity index (χ4n) is 6.34. The van der Waals surface area contributed by atoms with Gasteiger partial charge in [-0.05, 0) is 85.0 Å². The number of imidazole rings is 1. The Kier molecular flexibility index (Phi) is 6.31. The largest absolute Gasteiger partial charge is 0.374 e. The summed E-state index contributed by atoms with van der Waals surface area (Å²) >= 11 is 0. The molecule has 1 aromatic heterocycles. The van der Waals surface area contributed by atoms with Gasteiger partial charge < -0.3 is 15.0 Å². The zero-order valence-corrected chi connectivity index (χ0v) is 21.2. The molecule has 0 saturated carbocycles. The van der Waals surface area contributed by atoms with Gasteiger partial charge in [0.2, 0.25) is 0 Å². The van der Waals surface area contributed by atoms with E-state index in [0.29, 0.717) is 35.4 Å². The van der Waals surface area contributed by atoms with Crippen LogP contribution in [0.5, 0.6) is 0 Å². The van der Waals surface area contributed by atoms with Crippen LogP contribution in [0.15, 0.2) is 30.5 Å². The molecule has 2 fully saturated rings. The molecule has 1 amide bonds. The van der Waals surface area contributed by atoms with Crippen molar-refractivity contribution in [3.63, 3.8) is 0 Å². The van der Waals surface area contributed by atoms with Crippen LogP contribution >= 0.6 is 0 Å². The van der Waals surface area contributed by atoms with E-state index >= 15 is 0 Å². The van der Waals surface area contributed by atoms with Crippen LogP contribution < -0.4 is 5.32 Å². The number of H-pyrrole nitrogens is 1. The number of aromatic nitrogens is 2. The lowest BCUT2D eigenvalue weighted by atomic mass is 9.67. The molecular formula is C29H36N4O2. The molecule has 2 saturated heterocycles. The second-order valence-corrected chi connectivity index (χ2v) is 11.5. The summed E-state index contributed by atoms with van der Waals surface area (Å²) < 4.78 is 6.40. The standard InChI is InChI=1S/C29H36N4O2/c1-17-24-6-5-7-25(35-24)18(2)26(17)20-8-9-23(33-28(34)27-31-16-21(15-30)32-27)22(14-20)19-10-12-29(3,4)13-11-19/h8-10,14,16-18,24-26H,5-7,11-13H2,1-4H3,(H,31,32)(H,33,34)/t17-,18+,24+,25-,26?. The van der Waals surface area contributed by atoms with E-state index in [-0.39, 0.29) is 17.4 Å². The fourth-order valence-corrected chi connectivity index (χ4v) is 6.34. The molecule has 2 aromatic rings. The monoisotopic (exact) mass is 472 g/mol. The van der Waals surface area contributed by atoms with Crippen molar-refractivity contribution in [2.24, 2.45) is 17.3 Å². The summed E-state index contributed by atoms with van der Waals surface area (Å²) in [5.74, 6) is 1.17. The fraction of sp³-hybridized carbons (Fsp3) is 0.552. The van der Waals surface area contributed by atoms with E-state index in [9.17, 15) is 4.79 Å². The van der Waals surface area contributed by atoms with Gasteiger partial charge in [0.25, 0.3) is 5.91 Å². The van der Waals surface area contributed by atoms with E-state index in [4.69, 9.17) is 10.00 Å². The van der Waals surface area contributed by atoms with E-state index < -0.39 is 0 Å². The Labute approximate surface area is 208 Å². The SMILES string of the molecule is C[C@@H]1C(c2ccc(NC(=O)c3ncc(C#N)[nH]3)c(C3=CCC(C)(C)CC3)c2)[C@H](C)[C@@H]2CCC[C@H]1O2. The predicted octanol–water partition coefficient (Wildman–Crippen LogP) is 6.43. The summed E-state index contributed by atoms with van der Waals surface area (Å²) in [5, 5.41) is 12.1. The first kappa shape index (κ1) is 23.8. The highest BCUT2D eigenvalue weighted by atomic mass is 16.5. The summed E-state index contributed by atoms with van der Waals surface area (Å²) in [6, 6.07) is 8.55. The topological polar surface area (TPSA) is 90.8 Å². The molecule has 6 heteroatoms. The molecule has 3 aliphatic rings. The Morgan fingerprint density at radius 3 is 2.60 bits per heavy atom. The Balaban J connectivity index is 1.50. The number of benzene rings is 1. The first-order valence-electron chi connectivity index (χ1n) is 13.0. The van der Waals surface area contributed by atoms with Gasteiger partial charge in [0.05, 0.1) is 18.4 Å². The Hall–Kier alpha value is -2.91. The van der Waals surface area contributed by atoms with Crippen LogP contribution in [0.2, 0.25) is 0 Å². The van der Waals surface area contributed by atoms with Crippen molar-refractivity contribution in [2.75, 3.05) is 5.32 Å². The van der Waals surface area contributed by atoms with Crippen LogP contribution in [0.4, 0.5) is 5.69 Å². The van der Waals surface area contributed by atoms with Crippen LogP contribution in [0.25, 0.3) is 5.57 Å². The molecule has 2 N–H and O–H groups in total. The highest BCUT2D eigenvalue weighted by molar-refractivity contribution is 6.03. The Morgan fingerprint density at radius 2 is 1.97 bits per heavy atom. The lowest BCUT2D eigenvalue weighted by molar-refractivity contribution is -0.146. The van der Waals surface area contributed by atoms with E-state index in [2.05, 4.69) is 67.3 Å². The maximum absolute atomic E-state index is 13.0. The minimum atomic E-state index is -0.334. The number of ether oxygens (including phenoxy) is 1. The third kappa shape index (κ3) is 4.67. The van der Waals surface area contributed by atoms with Crippen molar-refractivity contribution in [2.45, 2.75) is 84.3 Å². The molecule has 3 heterocycles. The minimum absolute atomic E-state index is 0.148. The number of carbonyl (C=O) groups is 1. The molecule has 184 valence electrons.